The highest BCUT2D eigenvalue weighted by Gasteiger charge is 2.28. The molecule has 0 bridgehead atoms. The van der Waals surface area contributed by atoms with E-state index in [0.29, 0.717) is 23.2 Å². The van der Waals surface area contributed by atoms with Crippen LogP contribution >= 0.6 is 12.2 Å². The molecule has 0 radical (unpaired) electrons. The number of methoxy groups -OCH3 is 1. The molecule has 0 saturated carbocycles. The van der Waals surface area contributed by atoms with Crippen LogP contribution in [0.25, 0.3) is 0 Å². The number of hydrogen-bond donors (Lipinski definition) is 2. The fourth-order valence-corrected chi connectivity index (χ4v) is 2.35. The average molecular weight is 306 g/mol. The zero-order chi connectivity index (χ0) is 15.4. The predicted molar refractivity (Wildman–Crippen MR) is 83.9 cm³/mol. The monoisotopic (exact) mass is 306 g/mol. The van der Waals surface area contributed by atoms with Gasteiger partial charge in [0, 0.05) is 6.92 Å². The number of rotatable bonds is 5. The van der Waals surface area contributed by atoms with Gasteiger partial charge in [-0.05, 0) is 24.6 Å². The van der Waals surface area contributed by atoms with Crippen molar-refractivity contribution in [2.75, 3.05) is 13.7 Å². The molecule has 0 fully saturated rings. The van der Waals surface area contributed by atoms with E-state index in [1.807, 2.05) is 31.2 Å². The maximum Gasteiger partial charge on any atom is 0.219 e. The molecule has 0 aromatic heterocycles. The lowest BCUT2D eigenvalue weighted by molar-refractivity contribution is -0.114. The SMILES string of the molecule is CCOC1=C(C(C)=O)NC(c2ccc(OC)cc2)C(=S)N1. The number of carbonyl (C=O) groups excluding carboxylic acids is 1. The highest BCUT2D eigenvalue weighted by Crippen LogP contribution is 2.23. The van der Waals surface area contributed by atoms with Gasteiger partial charge in [0.15, 0.2) is 5.78 Å². The number of thiocarbonyl (C=S) groups is 1. The molecule has 112 valence electrons. The molecular formula is C15H18N2O3S. The first-order chi connectivity index (χ1) is 10.1. The van der Waals surface area contributed by atoms with Gasteiger partial charge in [0.05, 0.1) is 13.7 Å². The number of benzene rings is 1. The van der Waals surface area contributed by atoms with Gasteiger partial charge >= 0.3 is 0 Å². The summed E-state index contributed by atoms with van der Waals surface area (Å²) in [5, 5.41) is 6.15. The average Bonchev–Trinajstić information content (AvgIpc) is 2.47. The first kappa shape index (κ1) is 15.3. The molecule has 2 rings (SSSR count). The molecule has 0 spiro atoms. The third kappa shape index (κ3) is 3.33. The van der Waals surface area contributed by atoms with E-state index in [-0.39, 0.29) is 11.8 Å². The summed E-state index contributed by atoms with van der Waals surface area (Å²) in [6.45, 7) is 3.80. The summed E-state index contributed by atoms with van der Waals surface area (Å²) in [7, 11) is 1.62. The lowest BCUT2D eigenvalue weighted by Gasteiger charge is -2.30. The zero-order valence-electron chi connectivity index (χ0n) is 12.2. The standard InChI is InChI=1S/C15H18N2O3S/c1-4-20-14-12(9(2)18)16-13(15(21)17-14)10-5-7-11(19-3)8-6-10/h5-8,13,16H,4H2,1-3H3,(H,17,21). The van der Waals surface area contributed by atoms with E-state index >= 15 is 0 Å². The van der Waals surface area contributed by atoms with E-state index < -0.39 is 0 Å². The summed E-state index contributed by atoms with van der Waals surface area (Å²) in [4.78, 5) is 12.3. The number of Topliss-reactive ketones (excluding diaryl/α,β-unsaturated/α-hetero) is 1. The van der Waals surface area contributed by atoms with Gasteiger partial charge < -0.3 is 20.1 Å². The Labute approximate surface area is 129 Å². The number of ketones is 1. The van der Waals surface area contributed by atoms with Gasteiger partial charge in [0.2, 0.25) is 5.88 Å². The van der Waals surface area contributed by atoms with Crippen molar-refractivity contribution in [1.29, 1.82) is 0 Å². The lowest BCUT2D eigenvalue weighted by atomic mass is 10.0. The van der Waals surface area contributed by atoms with Crippen LogP contribution in [0.5, 0.6) is 5.75 Å². The summed E-state index contributed by atoms with van der Waals surface area (Å²) in [5.74, 6) is 1.05. The molecule has 1 aromatic rings. The van der Waals surface area contributed by atoms with Crippen LogP contribution in [0, 0.1) is 0 Å². The van der Waals surface area contributed by atoms with E-state index in [1.165, 1.54) is 6.92 Å². The molecule has 21 heavy (non-hydrogen) atoms. The second-order valence-corrected chi connectivity index (χ2v) is 4.97. The Morgan fingerprint density at radius 2 is 2.00 bits per heavy atom. The molecule has 0 aliphatic carbocycles. The summed E-state index contributed by atoms with van der Waals surface area (Å²) >= 11 is 5.37. The second-order valence-electron chi connectivity index (χ2n) is 4.53. The Hall–Kier alpha value is -2.08. The minimum absolute atomic E-state index is 0.105. The summed E-state index contributed by atoms with van der Waals surface area (Å²) in [5.41, 5.74) is 1.36. The molecule has 1 aromatic carbocycles. The normalized spacial score (nSPS) is 17.9. The first-order valence-electron chi connectivity index (χ1n) is 6.66. The largest absolute Gasteiger partial charge is 0.497 e. The van der Waals surface area contributed by atoms with Crippen molar-refractivity contribution in [1.82, 2.24) is 10.6 Å². The Kier molecular flexibility index (Phi) is 4.80. The fraction of sp³-hybridized carbons (Fsp3) is 0.333. The van der Waals surface area contributed by atoms with Crippen LogP contribution in [0.3, 0.4) is 0 Å². The predicted octanol–water partition coefficient (Wildman–Crippen LogP) is 2.05. The van der Waals surface area contributed by atoms with E-state index in [4.69, 9.17) is 21.7 Å². The van der Waals surface area contributed by atoms with Crippen molar-refractivity contribution in [3.63, 3.8) is 0 Å². The number of nitrogens with one attached hydrogen (secondary N) is 2. The van der Waals surface area contributed by atoms with Crippen LogP contribution in [0.4, 0.5) is 0 Å². The van der Waals surface area contributed by atoms with Gasteiger partial charge in [0.25, 0.3) is 0 Å². The van der Waals surface area contributed by atoms with Crippen LogP contribution in [-0.4, -0.2) is 24.5 Å². The number of allylic oxidation sites excluding steroid dienone is 1. The molecule has 1 aliphatic heterocycles. The summed E-state index contributed by atoms with van der Waals surface area (Å²) < 4.78 is 10.6. The summed E-state index contributed by atoms with van der Waals surface area (Å²) in [6.07, 6.45) is 0. The molecule has 1 aliphatic rings. The third-order valence-electron chi connectivity index (χ3n) is 3.10. The van der Waals surface area contributed by atoms with Crippen LogP contribution in [0.1, 0.15) is 25.5 Å². The Bertz CT molecular complexity index is 581. The number of hydrogen-bond acceptors (Lipinski definition) is 5. The van der Waals surface area contributed by atoms with Gasteiger partial charge in [-0.3, -0.25) is 4.79 Å². The Balaban J connectivity index is 2.30. The fourth-order valence-electron chi connectivity index (χ4n) is 2.07. The van der Waals surface area contributed by atoms with Gasteiger partial charge in [-0.25, -0.2) is 0 Å². The topological polar surface area (TPSA) is 59.6 Å². The van der Waals surface area contributed by atoms with Crippen LogP contribution in [0.2, 0.25) is 0 Å². The summed E-state index contributed by atoms with van der Waals surface area (Å²) in [6, 6.07) is 7.26. The van der Waals surface area contributed by atoms with Crippen LogP contribution < -0.4 is 15.4 Å². The van der Waals surface area contributed by atoms with Gasteiger partial charge in [-0.2, -0.15) is 0 Å². The maximum absolute atomic E-state index is 11.8. The maximum atomic E-state index is 11.8. The van der Waals surface area contributed by atoms with Crippen molar-refractivity contribution >= 4 is 23.0 Å². The Morgan fingerprint density at radius 3 is 2.52 bits per heavy atom. The Morgan fingerprint density at radius 1 is 1.33 bits per heavy atom. The van der Waals surface area contributed by atoms with Gasteiger partial charge in [0.1, 0.15) is 22.5 Å². The smallest absolute Gasteiger partial charge is 0.219 e. The van der Waals surface area contributed by atoms with Crippen molar-refractivity contribution < 1.29 is 14.3 Å². The van der Waals surface area contributed by atoms with Crippen molar-refractivity contribution in [3.05, 3.63) is 41.4 Å². The highest BCUT2D eigenvalue weighted by molar-refractivity contribution is 7.80. The zero-order valence-corrected chi connectivity index (χ0v) is 13.0. The highest BCUT2D eigenvalue weighted by atomic mass is 32.1. The van der Waals surface area contributed by atoms with Crippen LogP contribution in [0.15, 0.2) is 35.8 Å². The van der Waals surface area contributed by atoms with Gasteiger partial charge in [-0.1, -0.05) is 24.4 Å². The molecule has 1 unspecified atom stereocenters. The minimum atomic E-state index is -0.269. The van der Waals surface area contributed by atoms with E-state index in [0.717, 1.165) is 11.3 Å². The minimum Gasteiger partial charge on any atom is -0.497 e. The molecule has 0 saturated heterocycles. The van der Waals surface area contributed by atoms with Gasteiger partial charge in [-0.15, -0.1) is 0 Å². The van der Waals surface area contributed by atoms with E-state index in [9.17, 15) is 4.79 Å². The van der Waals surface area contributed by atoms with Crippen molar-refractivity contribution in [2.24, 2.45) is 0 Å². The molecule has 6 heteroatoms. The number of carbonyl (C=O) groups is 1. The van der Waals surface area contributed by atoms with Crippen molar-refractivity contribution in [3.8, 4) is 5.75 Å². The molecule has 0 amide bonds. The molecule has 5 nitrogen and oxygen atoms in total. The molecular weight excluding hydrogens is 288 g/mol. The van der Waals surface area contributed by atoms with E-state index in [2.05, 4.69) is 10.6 Å². The third-order valence-corrected chi connectivity index (χ3v) is 3.44. The molecule has 1 atom stereocenters. The van der Waals surface area contributed by atoms with E-state index in [1.54, 1.807) is 7.11 Å². The molecule has 2 N–H and O–H groups in total. The lowest BCUT2D eigenvalue weighted by Crippen LogP contribution is -2.44. The molecule has 1 heterocycles. The van der Waals surface area contributed by atoms with Crippen molar-refractivity contribution in [2.45, 2.75) is 19.9 Å². The second kappa shape index (κ2) is 6.58. The number of ether oxygens (including phenoxy) is 2. The quantitative estimate of drug-likeness (QED) is 0.812. The first-order valence-corrected chi connectivity index (χ1v) is 7.07. The van der Waals surface area contributed by atoms with Crippen LogP contribution in [-0.2, 0) is 9.53 Å².